The van der Waals surface area contributed by atoms with Crippen molar-refractivity contribution >= 4 is 6.29 Å². The Morgan fingerprint density at radius 1 is 1.67 bits per heavy atom. The largest absolute Gasteiger partial charge is 0.501 e. The van der Waals surface area contributed by atoms with Crippen molar-refractivity contribution in [1.29, 1.82) is 0 Å². The van der Waals surface area contributed by atoms with Gasteiger partial charge in [0.2, 0.25) is 0 Å². The van der Waals surface area contributed by atoms with E-state index in [9.17, 15) is 4.79 Å². The molecule has 0 aromatic heterocycles. The fourth-order valence-electron chi connectivity index (χ4n) is 0.650. The summed E-state index contributed by atoms with van der Waals surface area (Å²) in [6, 6.07) is 0. The van der Waals surface area contributed by atoms with E-state index in [1.165, 1.54) is 0 Å². The van der Waals surface area contributed by atoms with Crippen LogP contribution in [0, 0.1) is 0 Å². The summed E-state index contributed by atoms with van der Waals surface area (Å²) >= 11 is 0. The molecule has 0 radical (unpaired) electrons. The molecule has 2 heteroatoms. The molecule has 0 bridgehead atoms. The fourth-order valence-corrected chi connectivity index (χ4v) is 0.650. The van der Waals surface area contributed by atoms with Gasteiger partial charge in [0.1, 0.15) is 12.0 Å². The van der Waals surface area contributed by atoms with E-state index in [1.807, 2.05) is 6.92 Å². The topological polar surface area (TPSA) is 26.3 Å². The molecule has 0 rings (SSSR count). The Labute approximate surface area is 55.5 Å². The minimum atomic E-state index is 0.681. The molecule has 0 aromatic rings. The average molecular weight is 128 g/mol. The van der Waals surface area contributed by atoms with Crippen LogP contribution in [0.1, 0.15) is 20.3 Å². The highest BCUT2D eigenvalue weighted by Gasteiger charge is 1.95. The van der Waals surface area contributed by atoms with Crippen LogP contribution in [0.5, 0.6) is 0 Å². The first-order chi connectivity index (χ1) is 4.26. The Morgan fingerprint density at radius 2 is 2.22 bits per heavy atom. The third-order valence-corrected chi connectivity index (χ3v) is 1.18. The van der Waals surface area contributed by atoms with Crippen molar-refractivity contribution in [3.63, 3.8) is 0 Å². The zero-order valence-corrected chi connectivity index (χ0v) is 6.10. The summed E-state index contributed by atoms with van der Waals surface area (Å²) in [7, 11) is 1.58. The zero-order chi connectivity index (χ0) is 7.28. The molecule has 0 saturated carbocycles. The van der Waals surface area contributed by atoms with Crippen molar-refractivity contribution in [3.8, 4) is 0 Å². The normalized spacial score (nSPS) is 12.3. The Balaban J connectivity index is 4.17. The first kappa shape index (κ1) is 8.21. The number of ether oxygens (including phenoxy) is 1. The molecule has 0 aliphatic rings. The van der Waals surface area contributed by atoms with Crippen molar-refractivity contribution in [1.82, 2.24) is 0 Å². The van der Waals surface area contributed by atoms with Gasteiger partial charge in [-0.15, -0.1) is 0 Å². The van der Waals surface area contributed by atoms with Crippen LogP contribution in [-0.2, 0) is 9.53 Å². The highest BCUT2D eigenvalue weighted by Crippen LogP contribution is 2.05. The Kier molecular flexibility index (Phi) is 3.76. The van der Waals surface area contributed by atoms with Crippen molar-refractivity contribution in [2.45, 2.75) is 20.3 Å². The SMILES string of the molecule is CC/C(OC)=C(\C)C=O. The van der Waals surface area contributed by atoms with Crippen LogP contribution >= 0.6 is 0 Å². The molecule has 0 aliphatic heterocycles. The molecule has 0 spiro atoms. The van der Waals surface area contributed by atoms with Crippen LogP contribution in [0.3, 0.4) is 0 Å². The van der Waals surface area contributed by atoms with E-state index in [2.05, 4.69) is 0 Å². The lowest BCUT2D eigenvalue weighted by atomic mass is 10.2. The van der Waals surface area contributed by atoms with Gasteiger partial charge in [-0.05, 0) is 6.92 Å². The van der Waals surface area contributed by atoms with E-state index in [1.54, 1.807) is 14.0 Å². The number of allylic oxidation sites excluding steroid dienone is 2. The van der Waals surface area contributed by atoms with Gasteiger partial charge in [0, 0.05) is 12.0 Å². The van der Waals surface area contributed by atoms with E-state index in [4.69, 9.17) is 4.74 Å². The molecule has 9 heavy (non-hydrogen) atoms. The quantitative estimate of drug-likeness (QED) is 0.327. The fraction of sp³-hybridized carbons (Fsp3) is 0.571. The maximum Gasteiger partial charge on any atom is 0.149 e. The number of rotatable bonds is 3. The highest BCUT2D eigenvalue weighted by molar-refractivity contribution is 5.72. The number of carbonyl (C=O) groups excluding carboxylic acids is 1. The monoisotopic (exact) mass is 128 g/mol. The number of hydrogen-bond acceptors (Lipinski definition) is 2. The van der Waals surface area contributed by atoms with Crippen molar-refractivity contribution < 1.29 is 9.53 Å². The molecule has 0 unspecified atom stereocenters. The van der Waals surface area contributed by atoms with Crippen LogP contribution in [0.25, 0.3) is 0 Å². The van der Waals surface area contributed by atoms with Gasteiger partial charge < -0.3 is 4.74 Å². The van der Waals surface area contributed by atoms with Crippen LogP contribution in [0.2, 0.25) is 0 Å². The molecule has 0 heterocycles. The van der Waals surface area contributed by atoms with E-state index >= 15 is 0 Å². The Bertz CT molecular complexity index is 119. The summed E-state index contributed by atoms with van der Waals surface area (Å²) in [5.41, 5.74) is 0.681. The van der Waals surface area contributed by atoms with Gasteiger partial charge in [-0.25, -0.2) is 0 Å². The van der Waals surface area contributed by atoms with Gasteiger partial charge >= 0.3 is 0 Å². The molecule has 0 N–H and O–H groups in total. The van der Waals surface area contributed by atoms with Crippen molar-refractivity contribution in [3.05, 3.63) is 11.3 Å². The predicted octanol–water partition coefficient (Wildman–Crippen LogP) is 1.52. The first-order valence-electron chi connectivity index (χ1n) is 2.95. The molecule has 0 saturated heterocycles. The molecular weight excluding hydrogens is 116 g/mol. The molecule has 52 valence electrons. The minimum Gasteiger partial charge on any atom is -0.501 e. The second kappa shape index (κ2) is 4.13. The second-order valence-electron chi connectivity index (χ2n) is 1.78. The highest BCUT2D eigenvalue weighted by atomic mass is 16.5. The molecule has 0 aromatic carbocycles. The van der Waals surface area contributed by atoms with E-state index in [0.717, 1.165) is 18.5 Å². The van der Waals surface area contributed by atoms with Gasteiger partial charge in [0.25, 0.3) is 0 Å². The molecule has 0 fully saturated rings. The smallest absolute Gasteiger partial charge is 0.149 e. The maximum absolute atomic E-state index is 10.1. The Hall–Kier alpha value is -0.790. The zero-order valence-electron chi connectivity index (χ0n) is 6.10. The summed E-state index contributed by atoms with van der Waals surface area (Å²) in [4.78, 5) is 10.1. The maximum atomic E-state index is 10.1. The molecule has 0 aliphatic carbocycles. The number of aldehydes is 1. The van der Waals surface area contributed by atoms with Gasteiger partial charge in [-0.1, -0.05) is 6.92 Å². The summed E-state index contributed by atoms with van der Waals surface area (Å²) in [5.74, 6) is 0.769. The van der Waals surface area contributed by atoms with Crippen LogP contribution in [-0.4, -0.2) is 13.4 Å². The standard InChI is InChI=1S/C7H12O2/c1-4-7(9-3)6(2)5-8/h5H,4H2,1-3H3/b7-6-. The van der Waals surface area contributed by atoms with Crippen LogP contribution in [0.4, 0.5) is 0 Å². The third-order valence-electron chi connectivity index (χ3n) is 1.18. The van der Waals surface area contributed by atoms with Gasteiger partial charge in [0.15, 0.2) is 0 Å². The number of hydrogen-bond donors (Lipinski definition) is 0. The van der Waals surface area contributed by atoms with Crippen LogP contribution < -0.4 is 0 Å². The number of methoxy groups -OCH3 is 1. The minimum absolute atomic E-state index is 0.681. The second-order valence-corrected chi connectivity index (χ2v) is 1.78. The average Bonchev–Trinajstić information content (AvgIpc) is 1.90. The van der Waals surface area contributed by atoms with Gasteiger partial charge in [-0.3, -0.25) is 4.79 Å². The lowest BCUT2D eigenvalue weighted by Crippen LogP contribution is -1.90. The third kappa shape index (κ3) is 2.31. The summed E-state index contributed by atoms with van der Waals surface area (Å²) in [6.45, 7) is 3.70. The lowest BCUT2D eigenvalue weighted by Gasteiger charge is -2.02. The summed E-state index contributed by atoms with van der Waals surface area (Å²) < 4.78 is 4.90. The van der Waals surface area contributed by atoms with E-state index in [0.29, 0.717) is 5.57 Å². The number of carbonyl (C=O) groups is 1. The Morgan fingerprint density at radius 3 is 2.33 bits per heavy atom. The molecular formula is C7H12O2. The first-order valence-corrected chi connectivity index (χ1v) is 2.95. The van der Waals surface area contributed by atoms with Crippen molar-refractivity contribution in [2.24, 2.45) is 0 Å². The lowest BCUT2D eigenvalue weighted by molar-refractivity contribution is -0.105. The molecule has 0 atom stereocenters. The summed E-state index contributed by atoms with van der Waals surface area (Å²) in [6.07, 6.45) is 1.59. The van der Waals surface area contributed by atoms with Crippen molar-refractivity contribution in [2.75, 3.05) is 7.11 Å². The van der Waals surface area contributed by atoms with Crippen LogP contribution in [0.15, 0.2) is 11.3 Å². The van der Waals surface area contributed by atoms with Gasteiger partial charge in [-0.2, -0.15) is 0 Å². The molecule has 0 amide bonds. The summed E-state index contributed by atoms with van der Waals surface area (Å²) in [5, 5.41) is 0. The van der Waals surface area contributed by atoms with Gasteiger partial charge in [0.05, 0.1) is 7.11 Å². The van der Waals surface area contributed by atoms with E-state index in [-0.39, 0.29) is 0 Å². The molecule has 2 nitrogen and oxygen atoms in total. The predicted molar refractivity (Wildman–Crippen MR) is 36.1 cm³/mol. The van der Waals surface area contributed by atoms with E-state index < -0.39 is 0 Å².